The number of aromatic hydroxyl groups is 1. The lowest BCUT2D eigenvalue weighted by atomic mass is 9.78. The second-order valence-electron chi connectivity index (χ2n) is 8.23. The largest absolute Gasteiger partial charge is 0.504 e. The number of phenolic OH excluding ortho intramolecular Hbond substituents is 1. The number of allylic oxidation sites excluding steroid dienone is 2. The molecule has 4 N–H and O–H groups in total. The molecule has 176 valence electrons. The Morgan fingerprint density at radius 3 is 2.41 bits per heavy atom. The Hall–Kier alpha value is -4.21. The summed E-state index contributed by atoms with van der Waals surface area (Å²) >= 11 is 0. The van der Waals surface area contributed by atoms with Crippen molar-refractivity contribution in [2.75, 3.05) is 32.4 Å². The highest BCUT2D eigenvalue weighted by Gasteiger charge is 2.40. The Morgan fingerprint density at radius 1 is 1.00 bits per heavy atom. The van der Waals surface area contributed by atoms with Crippen LogP contribution in [0.5, 0.6) is 23.0 Å². The summed E-state index contributed by atoms with van der Waals surface area (Å²) in [6, 6.07) is 10.2. The van der Waals surface area contributed by atoms with Crippen LogP contribution < -0.4 is 25.3 Å². The molecule has 0 radical (unpaired) electrons. The summed E-state index contributed by atoms with van der Waals surface area (Å²) in [7, 11) is 4.65. The van der Waals surface area contributed by atoms with E-state index in [1.54, 1.807) is 37.1 Å². The van der Waals surface area contributed by atoms with Crippen LogP contribution in [0.1, 0.15) is 35.9 Å². The van der Waals surface area contributed by atoms with Crippen molar-refractivity contribution in [1.82, 2.24) is 14.8 Å². The number of anilines is 2. The lowest BCUT2D eigenvalue weighted by molar-refractivity contribution is -0.116. The number of Topliss-reactive ketones (excluding diaryl/α,β-unsaturated/α-hetero) is 1. The van der Waals surface area contributed by atoms with Crippen molar-refractivity contribution >= 4 is 17.7 Å². The quantitative estimate of drug-likeness (QED) is 0.522. The fourth-order valence-electron chi connectivity index (χ4n) is 4.76. The Morgan fingerprint density at radius 2 is 1.71 bits per heavy atom. The molecule has 2 atom stereocenters. The maximum Gasteiger partial charge on any atom is 0.241 e. The average Bonchev–Trinajstić information content (AvgIpc) is 3.21. The molecule has 1 aliphatic heterocycles. The summed E-state index contributed by atoms with van der Waals surface area (Å²) in [5.41, 5.74) is 8.89. The van der Waals surface area contributed by atoms with Crippen LogP contribution in [0.3, 0.4) is 0 Å². The van der Waals surface area contributed by atoms with Gasteiger partial charge in [0.05, 0.1) is 21.3 Å². The predicted molar refractivity (Wildman–Crippen MR) is 124 cm³/mol. The molecule has 2 aliphatic rings. The van der Waals surface area contributed by atoms with Gasteiger partial charge in [0.15, 0.2) is 28.8 Å². The predicted octanol–water partition coefficient (Wildman–Crippen LogP) is 3.01. The zero-order valence-corrected chi connectivity index (χ0v) is 19.0. The number of hydrogen-bond acceptors (Lipinski definition) is 9. The van der Waals surface area contributed by atoms with Crippen LogP contribution in [0.4, 0.5) is 11.9 Å². The number of nitrogens with two attached hydrogens (primary N) is 1. The number of carbonyl (C=O) groups is 1. The average molecular weight is 463 g/mol. The Balaban J connectivity index is 1.58. The highest BCUT2D eigenvalue weighted by Crippen LogP contribution is 2.46. The molecule has 5 rings (SSSR count). The topological polar surface area (TPSA) is 134 Å². The molecule has 10 nitrogen and oxygen atoms in total. The van der Waals surface area contributed by atoms with E-state index in [1.807, 2.05) is 18.2 Å². The fourth-order valence-corrected chi connectivity index (χ4v) is 4.76. The number of nitrogens with one attached hydrogen (secondary N) is 1. The molecule has 1 aliphatic carbocycles. The van der Waals surface area contributed by atoms with Crippen molar-refractivity contribution in [3.8, 4) is 23.0 Å². The van der Waals surface area contributed by atoms with E-state index in [1.165, 1.54) is 7.11 Å². The minimum absolute atomic E-state index is 0.0198. The first-order valence-electron chi connectivity index (χ1n) is 10.8. The maximum absolute atomic E-state index is 13.6. The van der Waals surface area contributed by atoms with Gasteiger partial charge in [-0.3, -0.25) is 4.79 Å². The Bertz CT molecular complexity index is 1320. The normalized spacial score (nSPS) is 19.2. The summed E-state index contributed by atoms with van der Waals surface area (Å²) in [5.74, 6) is 2.01. The maximum atomic E-state index is 13.6. The molecule has 0 unspecified atom stereocenters. The summed E-state index contributed by atoms with van der Waals surface area (Å²) in [5, 5.41) is 18.0. The van der Waals surface area contributed by atoms with E-state index in [-0.39, 0.29) is 23.4 Å². The van der Waals surface area contributed by atoms with E-state index in [0.717, 1.165) is 11.3 Å². The summed E-state index contributed by atoms with van der Waals surface area (Å²) in [6.45, 7) is 0. The van der Waals surface area contributed by atoms with Gasteiger partial charge in [-0.2, -0.15) is 4.98 Å². The first-order valence-corrected chi connectivity index (χ1v) is 10.8. The van der Waals surface area contributed by atoms with Crippen LogP contribution in [0.25, 0.3) is 0 Å². The fraction of sp³-hybridized carbons (Fsp3) is 0.292. The van der Waals surface area contributed by atoms with Crippen molar-refractivity contribution in [3.63, 3.8) is 0 Å². The van der Waals surface area contributed by atoms with Crippen LogP contribution in [0.2, 0.25) is 0 Å². The van der Waals surface area contributed by atoms with Gasteiger partial charge >= 0.3 is 0 Å². The number of phenols is 1. The number of methoxy groups -OCH3 is 3. The molecule has 10 heteroatoms. The van der Waals surface area contributed by atoms with E-state index >= 15 is 0 Å². The van der Waals surface area contributed by atoms with Gasteiger partial charge in [0, 0.05) is 17.7 Å². The standard InChI is InChI=1S/C24H25N5O5/c1-32-18-6-5-13(9-16(18)30)22-21-15(26-24-27-23(25)28-29(22)24)8-14(10-17(21)31)12-4-7-19(33-2)20(11-12)34-3/h4-7,9,11,14,22,30H,8,10H2,1-3H3,(H3,25,26,27,28)/t14-,22-/m1/s1. The molecular formula is C24H25N5O5. The van der Waals surface area contributed by atoms with Crippen LogP contribution in [0.15, 0.2) is 47.7 Å². The first kappa shape index (κ1) is 21.6. The number of nitrogen functional groups attached to an aromatic ring is 1. The first-order chi connectivity index (χ1) is 16.4. The van der Waals surface area contributed by atoms with Crippen molar-refractivity contribution in [1.29, 1.82) is 0 Å². The highest BCUT2D eigenvalue weighted by molar-refractivity contribution is 6.00. The van der Waals surface area contributed by atoms with Crippen molar-refractivity contribution in [2.45, 2.75) is 24.8 Å². The molecule has 0 saturated heterocycles. The number of nitrogens with zero attached hydrogens (tertiary/aromatic N) is 3. The van der Waals surface area contributed by atoms with Gasteiger partial charge in [-0.05, 0) is 47.7 Å². The number of ether oxygens (including phenoxy) is 3. The van der Waals surface area contributed by atoms with E-state index in [0.29, 0.717) is 47.2 Å². The Labute approximate surface area is 196 Å². The van der Waals surface area contributed by atoms with Gasteiger partial charge in [-0.25, -0.2) is 4.68 Å². The van der Waals surface area contributed by atoms with Crippen LogP contribution in [0, 0.1) is 0 Å². The minimum Gasteiger partial charge on any atom is -0.504 e. The molecule has 3 aromatic rings. The van der Waals surface area contributed by atoms with E-state index in [4.69, 9.17) is 19.9 Å². The SMILES string of the molecule is COc1ccc([C@@H]2C3=C(C[C@@H](c4ccc(OC)c(OC)c4)CC3=O)Nc3nc(N)nn32)cc1O. The van der Waals surface area contributed by atoms with Crippen molar-refractivity contribution in [3.05, 3.63) is 58.8 Å². The van der Waals surface area contributed by atoms with Gasteiger partial charge in [-0.15, -0.1) is 5.10 Å². The number of ketones is 1. The number of rotatable bonds is 5. The molecule has 2 heterocycles. The number of hydrogen-bond donors (Lipinski definition) is 3. The third-order valence-electron chi connectivity index (χ3n) is 6.33. The number of carbonyl (C=O) groups excluding carboxylic acids is 1. The molecule has 2 aromatic carbocycles. The smallest absolute Gasteiger partial charge is 0.241 e. The number of benzene rings is 2. The highest BCUT2D eigenvalue weighted by atomic mass is 16.5. The molecule has 0 saturated carbocycles. The van der Waals surface area contributed by atoms with Crippen molar-refractivity contribution < 1.29 is 24.1 Å². The summed E-state index contributed by atoms with van der Waals surface area (Å²) in [4.78, 5) is 17.9. The minimum atomic E-state index is -0.577. The zero-order valence-electron chi connectivity index (χ0n) is 19.0. The summed E-state index contributed by atoms with van der Waals surface area (Å²) in [6.07, 6.45) is 0.899. The molecule has 34 heavy (non-hydrogen) atoms. The van der Waals surface area contributed by atoms with E-state index in [9.17, 15) is 9.90 Å². The van der Waals surface area contributed by atoms with Gasteiger partial charge in [-0.1, -0.05) is 12.1 Å². The number of aromatic nitrogens is 3. The third kappa shape index (κ3) is 3.47. The lowest BCUT2D eigenvalue weighted by Crippen LogP contribution is -2.33. The molecule has 0 amide bonds. The molecule has 0 bridgehead atoms. The number of fused-ring (bicyclic) bond motifs is 1. The van der Waals surface area contributed by atoms with E-state index < -0.39 is 6.04 Å². The molecule has 0 spiro atoms. The Kier molecular flexibility index (Phi) is 5.27. The van der Waals surface area contributed by atoms with Gasteiger partial charge < -0.3 is 30.4 Å². The van der Waals surface area contributed by atoms with Crippen molar-refractivity contribution in [2.24, 2.45) is 0 Å². The molecule has 1 aromatic heterocycles. The third-order valence-corrected chi connectivity index (χ3v) is 6.33. The lowest BCUT2D eigenvalue weighted by Gasteiger charge is -2.35. The zero-order chi connectivity index (χ0) is 24.0. The second kappa shape index (κ2) is 8.29. The second-order valence-corrected chi connectivity index (χ2v) is 8.23. The van der Waals surface area contributed by atoms with Crippen LogP contribution in [-0.4, -0.2) is 47.0 Å². The van der Waals surface area contributed by atoms with Gasteiger partial charge in [0.25, 0.3) is 0 Å². The van der Waals surface area contributed by atoms with Crippen LogP contribution in [-0.2, 0) is 4.79 Å². The van der Waals surface area contributed by atoms with Crippen LogP contribution >= 0.6 is 0 Å². The molecule has 0 fully saturated rings. The van der Waals surface area contributed by atoms with E-state index in [2.05, 4.69) is 15.4 Å². The van der Waals surface area contributed by atoms with Gasteiger partial charge in [0.1, 0.15) is 6.04 Å². The molecular weight excluding hydrogens is 438 g/mol. The monoisotopic (exact) mass is 463 g/mol. The van der Waals surface area contributed by atoms with Gasteiger partial charge in [0.2, 0.25) is 11.9 Å². The summed E-state index contributed by atoms with van der Waals surface area (Å²) < 4.78 is 17.6.